The van der Waals surface area contributed by atoms with Gasteiger partial charge in [0, 0.05) is 25.7 Å². The van der Waals surface area contributed by atoms with Crippen molar-refractivity contribution in [1.82, 2.24) is 10.2 Å². The average Bonchev–Trinajstić information content (AvgIpc) is 2.28. The van der Waals surface area contributed by atoms with Crippen LogP contribution >= 0.6 is 0 Å². The maximum Gasteiger partial charge on any atom is 0.226 e. The van der Waals surface area contributed by atoms with E-state index in [4.69, 9.17) is 0 Å². The van der Waals surface area contributed by atoms with Crippen LogP contribution in [0, 0.1) is 5.92 Å². The smallest absolute Gasteiger partial charge is 0.226 e. The summed E-state index contributed by atoms with van der Waals surface area (Å²) in [5.74, 6) is 0.515. The van der Waals surface area contributed by atoms with Gasteiger partial charge < -0.3 is 10.2 Å². The number of piperidine rings is 1. The number of nitrogens with one attached hydrogen (secondary N) is 1. The fourth-order valence-corrected chi connectivity index (χ4v) is 2.33. The van der Waals surface area contributed by atoms with Crippen LogP contribution in [0.1, 0.15) is 46.5 Å². The van der Waals surface area contributed by atoms with Crippen molar-refractivity contribution in [3.8, 4) is 0 Å². The van der Waals surface area contributed by atoms with E-state index in [1.165, 1.54) is 0 Å². The Balaban J connectivity index is 2.44. The molecule has 0 bridgehead atoms. The van der Waals surface area contributed by atoms with Crippen LogP contribution in [0.25, 0.3) is 0 Å². The van der Waals surface area contributed by atoms with Gasteiger partial charge in [0.05, 0.1) is 5.92 Å². The standard InChI is InChI=1S/C13H26N2O/c1-5-6-11(3)15(4)13(16)12-8-7-10(2)14-9-12/h10-12,14H,5-9H2,1-4H3. The van der Waals surface area contributed by atoms with Crippen molar-refractivity contribution in [2.24, 2.45) is 5.92 Å². The van der Waals surface area contributed by atoms with E-state index in [-0.39, 0.29) is 5.92 Å². The Hall–Kier alpha value is -0.570. The minimum atomic E-state index is 0.195. The summed E-state index contributed by atoms with van der Waals surface area (Å²) < 4.78 is 0. The normalized spacial score (nSPS) is 27.5. The first-order chi connectivity index (χ1) is 7.56. The molecule has 0 radical (unpaired) electrons. The number of amides is 1. The van der Waals surface area contributed by atoms with Gasteiger partial charge in [-0.25, -0.2) is 0 Å². The number of rotatable bonds is 4. The van der Waals surface area contributed by atoms with Gasteiger partial charge in [0.2, 0.25) is 5.91 Å². The highest BCUT2D eigenvalue weighted by atomic mass is 16.2. The van der Waals surface area contributed by atoms with Gasteiger partial charge in [-0.2, -0.15) is 0 Å². The fraction of sp³-hybridized carbons (Fsp3) is 0.923. The van der Waals surface area contributed by atoms with Crippen LogP contribution in [-0.4, -0.2) is 36.5 Å². The topological polar surface area (TPSA) is 32.3 Å². The molecular weight excluding hydrogens is 200 g/mol. The summed E-state index contributed by atoms with van der Waals surface area (Å²) >= 11 is 0. The van der Waals surface area contributed by atoms with E-state index < -0.39 is 0 Å². The molecule has 1 heterocycles. The van der Waals surface area contributed by atoms with E-state index in [1.807, 2.05) is 11.9 Å². The second-order valence-electron chi connectivity index (χ2n) is 5.17. The van der Waals surface area contributed by atoms with Gasteiger partial charge in [-0.05, 0) is 33.1 Å². The Labute approximate surface area is 99.6 Å². The van der Waals surface area contributed by atoms with E-state index >= 15 is 0 Å². The zero-order valence-electron chi connectivity index (χ0n) is 11.1. The Kier molecular flexibility index (Phi) is 5.26. The minimum absolute atomic E-state index is 0.195. The highest BCUT2D eigenvalue weighted by Gasteiger charge is 2.27. The van der Waals surface area contributed by atoms with Crippen LogP contribution in [0.4, 0.5) is 0 Å². The lowest BCUT2D eigenvalue weighted by atomic mass is 9.94. The van der Waals surface area contributed by atoms with Gasteiger partial charge in [-0.15, -0.1) is 0 Å². The molecule has 1 rings (SSSR count). The van der Waals surface area contributed by atoms with Crippen molar-refractivity contribution in [2.75, 3.05) is 13.6 Å². The summed E-state index contributed by atoms with van der Waals surface area (Å²) in [4.78, 5) is 14.1. The molecule has 1 aliphatic rings. The van der Waals surface area contributed by atoms with Crippen molar-refractivity contribution in [3.05, 3.63) is 0 Å². The van der Waals surface area contributed by atoms with Crippen molar-refractivity contribution < 1.29 is 4.79 Å². The molecule has 0 spiro atoms. The van der Waals surface area contributed by atoms with Crippen molar-refractivity contribution in [3.63, 3.8) is 0 Å². The maximum atomic E-state index is 12.2. The van der Waals surface area contributed by atoms with Gasteiger partial charge in [-0.3, -0.25) is 4.79 Å². The third-order valence-electron chi connectivity index (χ3n) is 3.73. The largest absolute Gasteiger partial charge is 0.343 e. The summed E-state index contributed by atoms with van der Waals surface area (Å²) in [5, 5.41) is 3.39. The summed E-state index contributed by atoms with van der Waals surface area (Å²) in [6, 6.07) is 0.944. The zero-order chi connectivity index (χ0) is 12.1. The van der Waals surface area contributed by atoms with Crippen LogP contribution in [0.2, 0.25) is 0 Å². The second-order valence-corrected chi connectivity index (χ2v) is 5.17. The summed E-state index contributed by atoms with van der Waals surface area (Å²) in [6.45, 7) is 7.34. The highest BCUT2D eigenvalue weighted by Crippen LogP contribution is 2.18. The molecule has 1 saturated heterocycles. The fourth-order valence-electron chi connectivity index (χ4n) is 2.33. The Morgan fingerprint density at radius 3 is 2.69 bits per heavy atom. The van der Waals surface area contributed by atoms with Crippen LogP contribution in [0.15, 0.2) is 0 Å². The first-order valence-corrected chi connectivity index (χ1v) is 6.56. The summed E-state index contributed by atoms with van der Waals surface area (Å²) in [5.41, 5.74) is 0. The van der Waals surface area contributed by atoms with Gasteiger partial charge in [0.1, 0.15) is 0 Å². The molecule has 1 amide bonds. The van der Waals surface area contributed by atoms with Crippen molar-refractivity contribution in [2.45, 2.75) is 58.5 Å². The van der Waals surface area contributed by atoms with Crippen LogP contribution in [-0.2, 0) is 4.79 Å². The van der Waals surface area contributed by atoms with Gasteiger partial charge in [0.25, 0.3) is 0 Å². The van der Waals surface area contributed by atoms with E-state index in [9.17, 15) is 4.79 Å². The average molecular weight is 226 g/mol. The molecule has 3 nitrogen and oxygen atoms in total. The van der Waals surface area contributed by atoms with E-state index in [0.717, 1.165) is 32.2 Å². The van der Waals surface area contributed by atoms with E-state index in [1.54, 1.807) is 0 Å². The molecule has 1 fully saturated rings. The van der Waals surface area contributed by atoms with Crippen LogP contribution in [0.5, 0.6) is 0 Å². The molecule has 1 N–H and O–H groups in total. The SMILES string of the molecule is CCCC(C)N(C)C(=O)C1CCC(C)NC1. The monoisotopic (exact) mass is 226 g/mol. The third kappa shape index (κ3) is 3.48. The van der Waals surface area contributed by atoms with E-state index in [2.05, 4.69) is 26.1 Å². The molecule has 3 unspecified atom stereocenters. The second kappa shape index (κ2) is 6.24. The molecule has 16 heavy (non-hydrogen) atoms. The molecule has 0 aliphatic carbocycles. The highest BCUT2D eigenvalue weighted by molar-refractivity contribution is 5.79. The number of nitrogens with zero attached hydrogens (tertiary/aromatic N) is 1. The number of hydrogen-bond acceptors (Lipinski definition) is 2. The summed E-state index contributed by atoms with van der Waals surface area (Å²) in [7, 11) is 1.95. The first-order valence-electron chi connectivity index (χ1n) is 6.56. The molecule has 0 aromatic rings. The molecule has 0 aromatic heterocycles. The van der Waals surface area contributed by atoms with Crippen molar-refractivity contribution in [1.29, 1.82) is 0 Å². The maximum absolute atomic E-state index is 12.2. The Morgan fingerprint density at radius 1 is 1.50 bits per heavy atom. The molecular formula is C13H26N2O. The Morgan fingerprint density at radius 2 is 2.19 bits per heavy atom. The third-order valence-corrected chi connectivity index (χ3v) is 3.73. The van der Waals surface area contributed by atoms with Gasteiger partial charge >= 0.3 is 0 Å². The van der Waals surface area contributed by atoms with E-state index in [0.29, 0.717) is 18.0 Å². The van der Waals surface area contributed by atoms with Crippen molar-refractivity contribution >= 4 is 5.91 Å². The summed E-state index contributed by atoms with van der Waals surface area (Å²) in [6.07, 6.45) is 4.39. The quantitative estimate of drug-likeness (QED) is 0.795. The zero-order valence-corrected chi connectivity index (χ0v) is 11.1. The molecule has 3 atom stereocenters. The molecule has 3 heteroatoms. The lowest BCUT2D eigenvalue weighted by molar-refractivity contribution is -0.136. The Bertz CT molecular complexity index is 218. The lowest BCUT2D eigenvalue weighted by Gasteiger charge is -2.32. The number of hydrogen-bond donors (Lipinski definition) is 1. The molecule has 0 aromatic carbocycles. The predicted molar refractivity (Wildman–Crippen MR) is 67.3 cm³/mol. The van der Waals surface area contributed by atoms with Crippen LogP contribution < -0.4 is 5.32 Å². The molecule has 1 aliphatic heterocycles. The van der Waals surface area contributed by atoms with Gasteiger partial charge in [-0.1, -0.05) is 13.3 Å². The molecule has 94 valence electrons. The lowest BCUT2D eigenvalue weighted by Crippen LogP contribution is -2.46. The predicted octanol–water partition coefficient (Wildman–Crippen LogP) is 2.02. The number of carbonyl (C=O) groups excluding carboxylic acids is 1. The van der Waals surface area contributed by atoms with Crippen LogP contribution in [0.3, 0.4) is 0 Å². The number of carbonyl (C=O) groups is 1. The first kappa shape index (κ1) is 13.5. The minimum Gasteiger partial charge on any atom is -0.343 e. The van der Waals surface area contributed by atoms with Gasteiger partial charge in [0.15, 0.2) is 0 Å². The molecule has 0 saturated carbocycles.